The van der Waals surface area contributed by atoms with Crippen molar-refractivity contribution in [3.8, 4) is 0 Å². The standard InChI is InChI=1S/C12H12ClFN2S/c1-7-8(2)17-12(16-7)6-15-11-4-3-9(14)5-10(11)13/h3-5,15H,6H2,1-2H3. The van der Waals surface area contributed by atoms with Gasteiger partial charge in [0.15, 0.2) is 0 Å². The number of hydrogen-bond donors (Lipinski definition) is 1. The van der Waals surface area contributed by atoms with Gasteiger partial charge in [-0.25, -0.2) is 9.37 Å². The zero-order valence-corrected chi connectivity index (χ0v) is 11.1. The van der Waals surface area contributed by atoms with E-state index in [0.717, 1.165) is 16.4 Å². The van der Waals surface area contributed by atoms with Crippen molar-refractivity contribution in [2.24, 2.45) is 0 Å². The third-order valence-corrected chi connectivity index (χ3v) is 3.82. The quantitative estimate of drug-likeness (QED) is 0.906. The smallest absolute Gasteiger partial charge is 0.124 e. The van der Waals surface area contributed by atoms with E-state index in [4.69, 9.17) is 11.6 Å². The first kappa shape index (κ1) is 12.3. The van der Waals surface area contributed by atoms with Gasteiger partial charge in [0.1, 0.15) is 10.8 Å². The maximum atomic E-state index is 12.8. The molecule has 2 aromatic rings. The molecule has 0 saturated heterocycles. The molecule has 1 aromatic carbocycles. The fourth-order valence-electron chi connectivity index (χ4n) is 1.42. The molecule has 2 nitrogen and oxygen atoms in total. The lowest BCUT2D eigenvalue weighted by molar-refractivity contribution is 0.628. The van der Waals surface area contributed by atoms with Gasteiger partial charge in [0.25, 0.3) is 0 Å². The van der Waals surface area contributed by atoms with E-state index in [1.807, 2.05) is 13.8 Å². The lowest BCUT2D eigenvalue weighted by Crippen LogP contribution is -1.99. The van der Waals surface area contributed by atoms with E-state index in [0.29, 0.717) is 11.6 Å². The molecule has 0 bridgehead atoms. The molecule has 0 unspecified atom stereocenters. The van der Waals surface area contributed by atoms with Crippen LogP contribution in [0.25, 0.3) is 0 Å². The first-order valence-corrected chi connectivity index (χ1v) is 6.37. The predicted octanol–water partition coefficient (Wildman–Crippen LogP) is 4.16. The van der Waals surface area contributed by atoms with Crippen molar-refractivity contribution in [3.63, 3.8) is 0 Å². The fourth-order valence-corrected chi connectivity index (χ4v) is 2.53. The van der Waals surface area contributed by atoms with E-state index in [9.17, 15) is 4.39 Å². The highest BCUT2D eigenvalue weighted by Gasteiger charge is 2.05. The summed E-state index contributed by atoms with van der Waals surface area (Å²) in [4.78, 5) is 5.63. The lowest BCUT2D eigenvalue weighted by atomic mass is 10.3. The molecule has 0 amide bonds. The van der Waals surface area contributed by atoms with E-state index in [1.54, 1.807) is 17.4 Å². The molecule has 1 heterocycles. The second-order valence-electron chi connectivity index (χ2n) is 3.73. The average Bonchev–Trinajstić information content (AvgIpc) is 2.57. The maximum absolute atomic E-state index is 12.8. The minimum atomic E-state index is -0.332. The lowest BCUT2D eigenvalue weighted by Gasteiger charge is -2.06. The monoisotopic (exact) mass is 270 g/mol. The Labute approximate surface area is 108 Å². The Kier molecular flexibility index (Phi) is 3.64. The number of thiazole rings is 1. The van der Waals surface area contributed by atoms with Gasteiger partial charge in [-0.15, -0.1) is 11.3 Å². The number of aromatic nitrogens is 1. The Morgan fingerprint density at radius 1 is 1.41 bits per heavy atom. The third kappa shape index (κ3) is 2.96. The molecule has 1 aromatic heterocycles. The molecule has 5 heteroatoms. The molecule has 0 aliphatic rings. The molecule has 90 valence electrons. The van der Waals surface area contributed by atoms with Crippen LogP contribution in [0.5, 0.6) is 0 Å². The fraction of sp³-hybridized carbons (Fsp3) is 0.250. The van der Waals surface area contributed by atoms with Crippen LogP contribution in [0.15, 0.2) is 18.2 Å². The van der Waals surface area contributed by atoms with Crippen molar-refractivity contribution < 1.29 is 4.39 Å². The molecular formula is C12H12ClFN2S. The van der Waals surface area contributed by atoms with Crippen LogP contribution in [-0.4, -0.2) is 4.98 Å². The first-order valence-electron chi connectivity index (χ1n) is 5.18. The van der Waals surface area contributed by atoms with Crippen LogP contribution in [0.3, 0.4) is 0 Å². The number of anilines is 1. The van der Waals surface area contributed by atoms with E-state index < -0.39 is 0 Å². The first-order chi connectivity index (χ1) is 8.06. The van der Waals surface area contributed by atoms with Crippen LogP contribution >= 0.6 is 22.9 Å². The minimum absolute atomic E-state index is 0.332. The van der Waals surface area contributed by atoms with Gasteiger partial charge in [-0.2, -0.15) is 0 Å². The largest absolute Gasteiger partial charge is 0.377 e. The Morgan fingerprint density at radius 2 is 2.18 bits per heavy atom. The number of nitrogens with one attached hydrogen (secondary N) is 1. The van der Waals surface area contributed by atoms with Gasteiger partial charge in [0.2, 0.25) is 0 Å². The van der Waals surface area contributed by atoms with E-state index in [1.165, 1.54) is 17.0 Å². The normalized spacial score (nSPS) is 10.6. The van der Waals surface area contributed by atoms with Crippen molar-refractivity contribution in [2.45, 2.75) is 20.4 Å². The van der Waals surface area contributed by atoms with Gasteiger partial charge in [0.05, 0.1) is 22.9 Å². The van der Waals surface area contributed by atoms with Crippen LogP contribution in [0.1, 0.15) is 15.6 Å². The summed E-state index contributed by atoms with van der Waals surface area (Å²) in [6, 6.07) is 4.31. The van der Waals surface area contributed by atoms with Crippen LogP contribution in [0.4, 0.5) is 10.1 Å². The summed E-state index contributed by atoms with van der Waals surface area (Å²) in [6.45, 7) is 4.63. The zero-order valence-electron chi connectivity index (χ0n) is 9.55. The SMILES string of the molecule is Cc1nc(CNc2ccc(F)cc2Cl)sc1C. The second-order valence-corrected chi connectivity index (χ2v) is 5.42. The molecule has 2 rings (SSSR count). The van der Waals surface area contributed by atoms with Crippen molar-refractivity contribution in [3.05, 3.63) is 44.6 Å². The van der Waals surface area contributed by atoms with Crippen LogP contribution in [0, 0.1) is 19.7 Å². The predicted molar refractivity (Wildman–Crippen MR) is 70.3 cm³/mol. The van der Waals surface area contributed by atoms with Crippen LogP contribution in [-0.2, 0) is 6.54 Å². The Hall–Kier alpha value is -1.13. The van der Waals surface area contributed by atoms with Gasteiger partial charge in [-0.05, 0) is 32.0 Å². The molecule has 0 radical (unpaired) electrons. The number of hydrogen-bond acceptors (Lipinski definition) is 3. The van der Waals surface area contributed by atoms with Crippen LogP contribution < -0.4 is 5.32 Å². The van der Waals surface area contributed by atoms with E-state index in [-0.39, 0.29) is 5.82 Å². The Balaban J connectivity index is 2.07. The molecule has 0 spiro atoms. The number of rotatable bonds is 3. The second kappa shape index (κ2) is 5.02. The van der Waals surface area contributed by atoms with E-state index >= 15 is 0 Å². The van der Waals surface area contributed by atoms with Crippen molar-refractivity contribution in [1.29, 1.82) is 0 Å². The summed E-state index contributed by atoms with van der Waals surface area (Å²) in [5.74, 6) is -0.332. The number of halogens is 2. The molecule has 1 N–H and O–H groups in total. The summed E-state index contributed by atoms with van der Waals surface area (Å²) < 4.78 is 12.8. The maximum Gasteiger partial charge on any atom is 0.124 e. The topological polar surface area (TPSA) is 24.9 Å². The highest BCUT2D eigenvalue weighted by atomic mass is 35.5. The molecule has 0 aliphatic heterocycles. The molecule has 17 heavy (non-hydrogen) atoms. The average molecular weight is 271 g/mol. The highest BCUT2D eigenvalue weighted by molar-refractivity contribution is 7.11. The summed E-state index contributed by atoms with van der Waals surface area (Å²) in [7, 11) is 0. The van der Waals surface area contributed by atoms with Gasteiger partial charge in [-0.1, -0.05) is 11.6 Å². The number of nitrogens with zero attached hydrogens (tertiary/aromatic N) is 1. The summed E-state index contributed by atoms with van der Waals surface area (Å²) in [5.41, 5.74) is 1.77. The third-order valence-electron chi connectivity index (χ3n) is 2.43. The Morgan fingerprint density at radius 3 is 2.76 bits per heavy atom. The van der Waals surface area contributed by atoms with Gasteiger partial charge in [-0.3, -0.25) is 0 Å². The molecule has 0 aliphatic carbocycles. The zero-order chi connectivity index (χ0) is 12.4. The highest BCUT2D eigenvalue weighted by Crippen LogP contribution is 2.24. The van der Waals surface area contributed by atoms with Gasteiger partial charge >= 0.3 is 0 Å². The number of benzene rings is 1. The van der Waals surface area contributed by atoms with Gasteiger partial charge in [0, 0.05) is 4.88 Å². The summed E-state index contributed by atoms with van der Waals surface area (Å²) >= 11 is 7.56. The van der Waals surface area contributed by atoms with Crippen molar-refractivity contribution >= 4 is 28.6 Å². The van der Waals surface area contributed by atoms with Gasteiger partial charge < -0.3 is 5.32 Å². The summed E-state index contributed by atoms with van der Waals surface area (Å²) in [5, 5.41) is 4.53. The molecular weight excluding hydrogens is 259 g/mol. The Bertz CT molecular complexity index is 520. The van der Waals surface area contributed by atoms with Crippen molar-refractivity contribution in [1.82, 2.24) is 4.98 Å². The van der Waals surface area contributed by atoms with Crippen LogP contribution in [0.2, 0.25) is 5.02 Å². The van der Waals surface area contributed by atoms with Crippen molar-refractivity contribution in [2.75, 3.05) is 5.32 Å². The van der Waals surface area contributed by atoms with E-state index in [2.05, 4.69) is 10.3 Å². The molecule has 0 fully saturated rings. The minimum Gasteiger partial charge on any atom is -0.377 e. The molecule has 0 saturated carbocycles. The number of aryl methyl sites for hydroxylation is 2. The molecule has 0 atom stereocenters. The summed E-state index contributed by atoms with van der Waals surface area (Å²) in [6.07, 6.45) is 0.